The van der Waals surface area contributed by atoms with Crippen molar-refractivity contribution >= 4 is 29.3 Å². The molecule has 0 saturated carbocycles. The van der Waals surface area contributed by atoms with E-state index in [0.29, 0.717) is 0 Å². The van der Waals surface area contributed by atoms with Gasteiger partial charge in [-0.3, -0.25) is 14.4 Å². The average molecular weight is 477 g/mol. The second-order valence-electron chi connectivity index (χ2n) is 7.63. The van der Waals surface area contributed by atoms with Crippen molar-refractivity contribution in [1.82, 2.24) is 20.1 Å². The number of nitrogens with zero attached hydrogens (tertiary/aromatic N) is 3. The maximum atomic E-state index is 15.9. The number of carbonyl (C=O) groups is 3. The van der Waals surface area contributed by atoms with E-state index in [0.717, 1.165) is 12.1 Å². The van der Waals surface area contributed by atoms with Crippen LogP contribution in [0.5, 0.6) is 0 Å². The van der Waals surface area contributed by atoms with Crippen LogP contribution in [0.25, 0.3) is 11.1 Å². The van der Waals surface area contributed by atoms with Crippen LogP contribution in [0, 0.1) is 11.8 Å². The Bertz CT molecular complexity index is 1140. The van der Waals surface area contributed by atoms with Crippen molar-refractivity contribution < 1.29 is 23.2 Å². The Kier molecular flexibility index (Phi) is 7.12. The van der Waals surface area contributed by atoms with Crippen molar-refractivity contribution in [2.24, 2.45) is 0 Å². The molecule has 2 aromatic rings. The zero-order valence-electron chi connectivity index (χ0n) is 18.4. The number of hydrogen-bond acceptors (Lipinski definition) is 4. The molecule has 0 bridgehead atoms. The summed E-state index contributed by atoms with van der Waals surface area (Å²) in [6.07, 6.45) is 1.16. The molecule has 3 amide bonds. The van der Waals surface area contributed by atoms with Gasteiger partial charge in [0.1, 0.15) is 11.5 Å². The maximum absolute atomic E-state index is 15.9. The van der Waals surface area contributed by atoms with E-state index in [1.165, 1.54) is 42.0 Å². The van der Waals surface area contributed by atoms with Crippen LogP contribution < -0.4 is 5.32 Å². The molecule has 1 aromatic heterocycles. The van der Waals surface area contributed by atoms with Crippen molar-refractivity contribution in [3.8, 4) is 11.1 Å². The molecule has 0 unspecified atom stereocenters. The van der Waals surface area contributed by atoms with Crippen molar-refractivity contribution in [2.75, 3.05) is 20.1 Å². The van der Waals surface area contributed by atoms with Gasteiger partial charge in [0.05, 0.1) is 12.1 Å². The molecule has 33 heavy (non-hydrogen) atoms. The number of halogens is 3. The average Bonchev–Trinajstić information content (AvgIpc) is 2.78. The van der Waals surface area contributed by atoms with Crippen molar-refractivity contribution in [2.45, 2.75) is 25.9 Å². The molecular formula is C23H23ClF2N4O3. The number of benzene rings is 1. The fourth-order valence-electron chi connectivity index (χ4n) is 4.13. The van der Waals surface area contributed by atoms with Gasteiger partial charge in [-0.2, -0.15) is 4.39 Å². The van der Waals surface area contributed by atoms with E-state index >= 15 is 4.39 Å². The van der Waals surface area contributed by atoms with Crippen LogP contribution in [0.2, 0.25) is 5.02 Å². The topological polar surface area (TPSA) is 82.6 Å². The molecule has 0 aliphatic carbocycles. The number of carbonyl (C=O) groups excluding carboxylic acids is 3. The molecule has 0 radical (unpaired) electrons. The summed E-state index contributed by atoms with van der Waals surface area (Å²) >= 11 is 6.31. The van der Waals surface area contributed by atoms with Gasteiger partial charge in [-0.1, -0.05) is 18.2 Å². The van der Waals surface area contributed by atoms with Gasteiger partial charge in [0.25, 0.3) is 5.91 Å². The lowest BCUT2D eigenvalue weighted by atomic mass is 9.91. The predicted octanol–water partition coefficient (Wildman–Crippen LogP) is 3.35. The molecule has 1 aliphatic heterocycles. The van der Waals surface area contributed by atoms with Crippen LogP contribution in [0.1, 0.15) is 35.9 Å². The van der Waals surface area contributed by atoms with E-state index in [-0.39, 0.29) is 52.3 Å². The minimum absolute atomic E-state index is 0.0548. The van der Waals surface area contributed by atoms with Crippen LogP contribution in [0.4, 0.5) is 8.78 Å². The molecule has 1 N–H and O–H groups in total. The Labute approximate surface area is 195 Å². The Morgan fingerprint density at radius 2 is 1.85 bits per heavy atom. The van der Waals surface area contributed by atoms with E-state index in [4.69, 9.17) is 11.6 Å². The van der Waals surface area contributed by atoms with Crippen molar-refractivity contribution in [1.29, 1.82) is 0 Å². The molecule has 1 aliphatic rings. The van der Waals surface area contributed by atoms with Gasteiger partial charge in [0.15, 0.2) is 0 Å². The summed E-state index contributed by atoms with van der Waals surface area (Å²) in [5, 5.41) is 2.49. The summed E-state index contributed by atoms with van der Waals surface area (Å²) in [4.78, 5) is 43.2. The maximum Gasteiger partial charge on any atom is 0.269 e. The third-order valence-electron chi connectivity index (χ3n) is 5.68. The van der Waals surface area contributed by atoms with E-state index in [1.807, 2.05) is 0 Å². The van der Waals surface area contributed by atoms with Gasteiger partial charge < -0.3 is 15.1 Å². The summed E-state index contributed by atoms with van der Waals surface area (Å²) in [5.41, 5.74) is -0.168. The first-order valence-electron chi connectivity index (χ1n) is 10.2. The number of amides is 3. The first-order chi connectivity index (χ1) is 15.6. The molecular weight excluding hydrogens is 454 g/mol. The third-order valence-corrected chi connectivity index (χ3v) is 5.90. The first kappa shape index (κ1) is 24.3. The second-order valence-corrected chi connectivity index (χ2v) is 8.07. The normalized spacial score (nSPS) is 18.1. The third kappa shape index (κ3) is 4.73. The Hall–Kier alpha value is -3.33. The quantitative estimate of drug-likeness (QED) is 0.542. The summed E-state index contributed by atoms with van der Waals surface area (Å²) < 4.78 is 30.1. The number of hydrogen-bond donors (Lipinski definition) is 1. The van der Waals surface area contributed by atoms with E-state index < -0.39 is 29.8 Å². The lowest BCUT2D eigenvalue weighted by Crippen LogP contribution is -2.56. The van der Waals surface area contributed by atoms with Crippen LogP contribution in [-0.2, 0) is 9.59 Å². The van der Waals surface area contributed by atoms with Crippen LogP contribution in [-0.4, -0.2) is 58.7 Å². The van der Waals surface area contributed by atoms with Gasteiger partial charge in [0.2, 0.25) is 17.8 Å². The van der Waals surface area contributed by atoms with Gasteiger partial charge >= 0.3 is 0 Å². The van der Waals surface area contributed by atoms with Crippen LogP contribution in [0.15, 0.2) is 36.9 Å². The van der Waals surface area contributed by atoms with Gasteiger partial charge in [-0.05, 0) is 36.8 Å². The summed E-state index contributed by atoms with van der Waals surface area (Å²) in [7, 11) is 1.36. The van der Waals surface area contributed by atoms with Gasteiger partial charge in [0, 0.05) is 49.3 Å². The monoisotopic (exact) mass is 476 g/mol. The molecule has 3 rings (SSSR count). The van der Waals surface area contributed by atoms with Gasteiger partial charge in [-0.25, -0.2) is 9.37 Å². The summed E-state index contributed by atoms with van der Waals surface area (Å²) in [6, 6.07) is 3.50. The number of nitrogens with one attached hydrogen (secondary N) is 1. The highest BCUT2D eigenvalue weighted by Gasteiger charge is 2.39. The fourth-order valence-corrected chi connectivity index (χ4v) is 4.36. The SMILES string of the molecule is C=CC(=O)N1CCN(C(C)=O)[C@H](c2cc(Cl)cc(-c3cc(F)nc(C(=O)NC)c3)c2F)[C@H]1C. The van der Waals surface area contributed by atoms with Crippen LogP contribution >= 0.6 is 11.6 Å². The van der Waals surface area contributed by atoms with Gasteiger partial charge in [-0.15, -0.1) is 0 Å². The molecule has 174 valence electrons. The molecule has 2 heterocycles. The van der Waals surface area contributed by atoms with Crippen molar-refractivity contribution in [3.63, 3.8) is 0 Å². The fraction of sp³-hybridized carbons (Fsp3) is 0.304. The van der Waals surface area contributed by atoms with E-state index in [1.54, 1.807) is 6.92 Å². The van der Waals surface area contributed by atoms with E-state index in [9.17, 15) is 18.8 Å². The second kappa shape index (κ2) is 9.66. The Balaban J connectivity index is 2.19. The highest BCUT2D eigenvalue weighted by atomic mass is 35.5. The molecule has 10 heteroatoms. The Morgan fingerprint density at radius 1 is 1.18 bits per heavy atom. The molecule has 7 nitrogen and oxygen atoms in total. The largest absolute Gasteiger partial charge is 0.354 e. The molecule has 2 atom stereocenters. The number of aromatic nitrogens is 1. The first-order valence-corrected chi connectivity index (χ1v) is 10.6. The van der Waals surface area contributed by atoms with E-state index in [2.05, 4.69) is 16.9 Å². The minimum Gasteiger partial charge on any atom is -0.354 e. The lowest BCUT2D eigenvalue weighted by Gasteiger charge is -2.46. The van der Waals surface area contributed by atoms with Crippen LogP contribution in [0.3, 0.4) is 0 Å². The molecule has 1 aromatic carbocycles. The molecule has 1 fully saturated rings. The summed E-state index contributed by atoms with van der Waals surface area (Å²) in [5.74, 6) is -2.99. The number of piperazine rings is 1. The smallest absolute Gasteiger partial charge is 0.269 e. The predicted molar refractivity (Wildman–Crippen MR) is 119 cm³/mol. The zero-order valence-corrected chi connectivity index (χ0v) is 19.1. The standard InChI is InChI=1S/C23H23ClF2N4O3/c1-5-20(32)29-6-7-30(13(3)31)22(12(29)2)17-11-15(24)10-16(21(17)26)14-8-18(23(33)27-4)28-19(25)9-14/h5,8-12,22H,1,6-7H2,2-4H3,(H,27,33)/t12-,22+/m1/s1. The highest BCUT2D eigenvalue weighted by molar-refractivity contribution is 6.31. The molecule has 1 saturated heterocycles. The highest BCUT2D eigenvalue weighted by Crippen LogP contribution is 2.38. The Morgan fingerprint density at radius 3 is 2.45 bits per heavy atom. The lowest BCUT2D eigenvalue weighted by molar-refractivity contribution is -0.143. The molecule has 0 spiro atoms. The number of pyridine rings is 1. The van der Waals surface area contributed by atoms with Crippen molar-refractivity contribution in [3.05, 3.63) is 65.0 Å². The minimum atomic E-state index is -0.967. The summed E-state index contributed by atoms with van der Waals surface area (Å²) in [6.45, 7) is 7.03. The number of rotatable bonds is 4. The zero-order chi connectivity index (χ0) is 24.4.